The molecule has 3 amide bonds. The molecule has 0 fully saturated rings. The summed E-state index contributed by atoms with van der Waals surface area (Å²) >= 11 is 7.40. The van der Waals surface area contributed by atoms with Crippen LogP contribution in [0, 0.1) is 0 Å². The number of carbonyl (C=O) groups is 3. The van der Waals surface area contributed by atoms with E-state index in [4.69, 9.17) is 21.0 Å². The van der Waals surface area contributed by atoms with Crippen LogP contribution < -0.4 is 10.6 Å². The first kappa shape index (κ1) is 25.7. The minimum absolute atomic E-state index is 0.0831. The summed E-state index contributed by atoms with van der Waals surface area (Å²) in [5.41, 5.74) is 2.23. The summed E-state index contributed by atoms with van der Waals surface area (Å²) in [5, 5.41) is 6.74. The number of thioether (sulfide) groups is 1. The third-order valence-corrected chi connectivity index (χ3v) is 7.38. The maximum atomic E-state index is 13.0. The molecule has 5 rings (SSSR count). The van der Waals surface area contributed by atoms with Crippen molar-refractivity contribution in [3.8, 4) is 0 Å². The summed E-state index contributed by atoms with van der Waals surface area (Å²) in [4.78, 5) is 48.8. The van der Waals surface area contributed by atoms with E-state index in [0.717, 1.165) is 11.1 Å². The smallest absolute Gasteiger partial charge is 0.270 e. The molecule has 11 heteroatoms. The molecule has 1 aromatic heterocycles. The van der Waals surface area contributed by atoms with E-state index < -0.39 is 6.04 Å². The summed E-state index contributed by atoms with van der Waals surface area (Å²) in [6.07, 6.45) is 1.91. The first-order valence-electron chi connectivity index (χ1n) is 12.0. The Labute approximate surface area is 228 Å². The fourth-order valence-corrected chi connectivity index (χ4v) is 5.23. The fourth-order valence-electron chi connectivity index (χ4n) is 4.15. The molecule has 0 saturated heterocycles. The second-order valence-corrected chi connectivity index (χ2v) is 9.97. The maximum absolute atomic E-state index is 13.0. The van der Waals surface area contributed by atoms with Crippen molar-refractivity contribution in [3.05, 3.63) is 88.8 Å². The molecule has 0 aliphatic carbocycles. The minimum atomic E-state index is -0.690. The van der Waals surface area contributed by atoms with Crippen molar-refractivity contribution in [2.75, 3.05) is 5.75 Å². The predicted molar refractivity (Wildman–Crippen MR) is 146 cm³/mol. The van der Waals surface area contributed by atoms with E-state index in [-0.39, 0.29) is 42.9 Å². The van der Waals surface area contributed by atoms with Gasteiger partial charge in [-0.05, 0) is 42.3 Å². The van der Waals surface area contributed by atoms with E-state index in [1.807, 2.05) is 42.5 Å². The summed E-state index contributed by atoms with van der Waals surface area (Å²) in [6, 6.07) is 17.6. The van der Waals surface area contributed by atoms with E-state index in [2.05, 4.69) is 15.6 Å². The highest BCUT2D eigenvalue weighted by atomic mass is 35.5. The van der Waals surface area contributed by atoms with Gasteiger partial charge in [0, 0.05) is 23.6 Å². The van der Waals surface area contributed by atoms with Crippen LogP contribution in [0.15, 0.2) is 81.3 Å². The van der Waals surface area contributed by atoms with Crippen molar-refractivity contribution in [1.82, 2.24) is 15.5 Å². The normalized spacial score (nSPS) is 15.9. The lowest BCUT2D eigenvalue weighted by Crippen LogP contribution is -2.44. The number of hydrogen-bond acceptors (Lipinski definition) is 7. The number of para-hydroxylation sites is 1. The van der Waals surface area contributed by atoms with Crippen LogP contribution in [-0.4, -0.2) is 45.4 Å². The SMILES string of the molecule is O=C(CCC1C(=O)N=C2c3ccccc3N=C(SCC(=O)NCc3ccccc3Cl)N21)NCc1ccco1. The Hall–Kier alpha value is -3.89. The summed E-state index contributed by atoms with van der Waals surface area (Å²) in [6.45, 7) is 0.578. The molecule has 0 saturated carbocycles. The molecular formula is C27H24ClN5O4S. The van der Waals surface area contributed by atoms with Gasteiger partial charge in [-0.15, -0.1) is 0 Å². The Bertz CT molecular complexity index is 1420. The van der Waals surface area contributed by atoms with Gasteiger partial charge >= 0.3 is 0 Å². The van der Waals surface area contributed by atoms with Crippen LogP contribution in [0.3, 0.4) is 0 Å². The van der Waals surface area contributed by atoms with Gasteiger partial charge in [0.15, 0.2) is 5.17 Å². The van der Waals surface area contributed by atoms with E-state index >= 15 is 0 Å². The number of benzene rings is 2. The maximum Gasteiger partial charge on any atom is 0.270 e. The van der Waals surface area contributed by atoms with Gasteiger partial charge in [-0.2, -0.15) is 4.99 Å². The Morgan fingerprint density at radius 2 is 1.76 bits per heavy atom. The third-order valence-electron chi connectivity index (χ3n) is 6.06. The Morgan fingerprint density at radius 1 is 0.974 bits per heavy atom. The lowest BCUT2D eigenvalue weighted by atomic mass is 10.1. The van der Waals surface area contributed by atoms with Gasteiger partial charge in [0.2, 0.25) is 11.8 Å². The van der Waals surface area contributed by atoms with Crippen LogP contribution in [0.25, 0.3) is 0 Å². The molecule has 0 bridgehead atoms. The van der Waals surface area contributed by atoms with Crippen molar-refractivity contribution in [1.29, 1.82) is 0 Å². The lowest BCUT2D eigenvalue weighted by Gasteiger charge is -2.31. The number of carbonyl (C=O) groups excluding carboxylic acids is 3. The molecule has 9 nitrogen and oxygen atoms in total. The largest absolute Gasteiger partial charge is 0.467 e. The topological polar surface area (TPSA) is 116 Å². The molecular weight excluding hydrogens is 526 g/mol. The van der Waals surface area contributed by atoms with Crippen LogP contribution in [0.2, 0.25) is 5.02 Å². The lowest BCUT2D eigenvalue weighted by molar-refractivity contribution is -0.122. The van der Waals surface area contributed by atoms with E-state index in [0.29, 0.717) is 34.0 Å². The highest BCUT2D eigenvalue weighted by Gasteiger charge is 2.41. The number of hydrogen-bond donors (Lipinski definition) is 2. The van der Waals surface area contributed by atoms with Gasteiger partial charge in [-0.1, -0.05) is 53.7 Å². The van der Waals surface area contributed by atoms with Gasteiger partial charge in [0.25, 0.3) is 5.91 Å². The molecule has 2 N–H and O–H groups in total. The Morgan fingerprint density at radius 3 is 2.58 bits per heavy atom. The number of nitrogens with one attached hydrogen (secondary N) is 2. The van der Waals surface area contributed by atoms with Gasteiger partial charge in [0.1, 0.15) is 17.6 Å². The highest BCUT2D eigenvalue weighted by molar-refractivity contribution is 8.14. The number of amidine groups is 2. The first-order chi connectivity index (χ1) is 18.5. The average molecular weight is 550 g/mol. The Balaban J connectivity index is 1.25. The molecule has 1 unspecified atom stereocenters. The van der Waals surface area contributed by atoms with Gasteiger partial charge in [-0.3, -0.25) is 19.3 Å². The number of furan rings is 1. The predicted octanol–water partition coefficient (Wildman–Crippen LogP) is 4.04. The number of nitrogens with zero attached hydrogens (tertiary/aromatic N) is 3. The standard InChI is InChI=1S/C27H24ClN5O4S/c28-20-9-3-1-6-17(20)14-29-24(35)16-38-27-31-21-10-4-2-8-19(21)25-32-26(36)22(33(25)27)11-12-23(34)30-15-18-7-5-13-37-18/h1-10,13,22H,11-12,14-16H2,(H,29,35)(H,30,34). The van der Waals surface area contributed by atoms with E-state index in [1.54, 1.807) is 29.4 Å². The summed E-state index contributed by atoms with van der Waals surface area (Å²) in [7, 11) is 0. The van der Waals surface area contributed by atoms with Gasteiger partial charge < -0.3 is 15.1 Å². The third kappa shape index (κ3) is 5.81. The summed E-state index contributed by atoms with van der Waals surface area (Å²) < 4.78 is 5.24. The number of aliphatic imine (C=N–C) groups is 2. The molecule has 38 heavy (non-hydrogen) atoms. The van der Waals surface area contributed by atoms with E-state index in [1.165, 1.54) is 11.8 Å². The second-order valence-electron chi connectivity index (χ2n) is 8.62. The van der Waals surface area contributed by atoms with Crippen molar-refractivity contribution in [2.45, 2.75) is 32.0 Å². The van der Waals surface area contributed by atoms with Crippen molar-refractivity contribution < 1.29 is 18.8 Å². The van der Waals surface area contributed by atoms with Crippen LogP contribution in [0.5, 0.6) is 0 Å². The zero-order chi connectivity index (χ0) is 26.5. The average Bonchev–Trinajstić information content (AvgIpc) is 3.56. The number of amides is 3. The Kier molecular flexibility index (Phi) is 7.90. The van der Waals surface area contributed by atoms with Gasteiger partial charge in [-0.25, -0.2) is 4.99 Å². The molecule has 1 atom stereocenters. The summed E-state index contributed by atoms with van der Waals surface area (Å²) in [5.74, 6) is 0.471. The van der Waals surface area contributed by atoms with Crippen molar-refractivity contribution in [2.24, 2.45) is 9.98 Å². The first-order valence-corrected chi connectivity index (χ1v) is 13.4. The van der Waals surface area contributed by atoms with Crippen LogP contribution in [0.1, 0.15) is 29.7 Å². The molecule has 194 valence electrons. The molecule has 0 radical (unpaired) electrons. The van der Waals surface area contributed by atoms with Crippen LogP contribution in [-0.2, 0) is 27.5 Å². The molecule has 3 aromatic rings. The van der Waals surface area contributed by atoms with Crippen LogP contribution in [0.4, 0.5) is 5.69 Å². The highest BCUT2D eigenvalue weighted by Crippen LogP contribution is 2.35. The van der Waals surface area contributed by atoms with Crippen molar-refractivity contribution >= 4 is 57.8 Å². The van der Waals surface area contributed by atoms with Crippen molar-refractivity contribution in [3.63, 3.8) is 0 Å². The zero-order valence-electron chi connectivity index (χ0n) is 20.2. The monoisotopic (exact) mass is 549 g/mol. The molecule has 0 spiro atoms. The minimum Gasteiger partial charge on any atom is -0.467 e. The molecule has 2 aliphatic heterocycles. The molecule has 2 aromatic carbocycles. The zero-order valence-corrected chi connectivity index (χ0v) is 21.8. The number of rotatable bonds is 9. The molecule has 3 heterocycles. The fraction of sp³-hybridized carbons (Fsp3) is 0.222. The molecule has 2 aliphatic rings. The number of fused-ring (bicyclic) bond motifs is 3. The van der Waals surface area contributed by atoms with E-state index in [9.17, 15) is 14.4 Å². The van der Waals surface area contributed by atoms with Crippen LogP contribution >= 0.6 is 23.4 Å². The van der Waals surface area contributed by atoms with Gasteiger partial charge in [0.05, 0.1) is 24.2 Å². The second kappa shape index (κ2) is 11.7. The quantitative estimate of drug-likeness (QED) is 0.416. The number of halogens is 1.